The standard InChI is InChI=1S/C15H21NO3/c1-10-11(2)13(19-4)6-5-12(10)16(3)9-15(7-8-15)14(17)18/h5-6H,7-9H2,1-4H3,(H,17,18). The molecule has 0 bridgehead atoms. The molecule has 1 fully saturated rings. The second-order valence-corrected chi connectivity index (χ2v) is 5.48. The first-order valence-corrected chi connectivity index (χ1v) is 6.50. The number of ether oxygens (including phenoxy) is 1. The molecule has 19 heavy (non-hydrogen) atoms. The third kappa shape index (κ3) is 2.39. The summed E-state index contributed by atoms with van der Waals surface area (Å²) >= 11 is 0. The number of hydrogen-bond acceptors (Lipinski definition) is 3. The molecular formula is C15H21NO3. The number of aliphatic carboxylic acids is 1. The van der Waals surface area contributed by atoms with Crippen LogP contribution >= 0.6 is 0 Å². The van der Waals surface area contributed by atoms with Crippen LogP contribution in [0.15, 0.2) is 12.1 Å². The number of nitrogens with zero attached hydrogens (tertiary/aromatic N) is 1. The minimum Gasteiger partial charge on any atom is -0.496 e. The number of methoxy groups -OCH3 is 1. The number of benzene rings is 1. The van der Waals surface area contributed by atoms with Crippen LogP contribution in [-0.4, -0.2) is 31.8 Å². The summed E-state index contributed by atoms with van der Waals surface area (Å²) in [4.78, 5) is 13.3. The smallest absolute Gasteiger partial charge is 0.311 e. The van der Waals surface area contributed by atoms with Crippen molar-refractivity contribution in [3.63, 3.8) is 0 Å². The van der Waals surface area contributed by atoms with Crippen molar-refractivity contribution in [1.29, 1.82) is 0 Å². The fourth-order valence-corrected chi connectivity index (χ4v) is 2.55. The molecule has 0 saturated heterocycles. The van der Waals surface area contributed by atoms with Gasteiger partial charge in [0.15, 0.2) is 0 Å². The van der Waals surface area contributed by atoms with E-state index in [1.165, 1.54) is 0 Å². The van der Waals surface area contributed by atoms with E-state index in [4.69, 9.17) is 4.74 Å². The third-order valence-electron chi connectivity index (χ3n) is 4.19. The van der Waals surface area contributed by atoms with Gasteiger partial charge in [-0.25, -0.2) is 0 Å². The summed E-state index contributed by atoms with van der Waals surface area (Å²) in [5.74, 6) is 0.191. The van der Waals surface area contributed by atoms with Gasteiger partial charge in [-0.1, -0.05) is 0 Å². The summed E-state index contributed by atoms with van der Waals surface area (Å²) in [6.45, 7) is 4.63. The largest absolute Gasteiger partial charge is 0.496 e. The van der Waals surface area contributed by atoms with E-state index in [-0.39, 0.29) is 0 Å². The Hall–Kier alpha value is -1.71. The Bertz CT molecular complexity index is 506. The summed E-state index contributed by atoms with van der Waals surface area (Å²) < 4.78 is 5.30. The molecule has 4 nitrogen and oxygen atoms in total. The lowest BCUT2D eigenvalue weighted by Crippen LogP contribution is -2.32. The maximum atomic E-state index is 11.3. The quantitative estimate of drug-likeness (QED) is 0.887. The van der Waals surface area contributed by atoms with Crippen molar-refractivity contribution in [2.45, 2.75) is 26.7 Å². The molecule has 0 aliphatic heterocycles. The fourth-order valence-electron chi connectivity index (χ4n) is 2.55. The number of rotatable bonds is 5. The molecule has 0 unspecified atom stereocenters. The number of carboxylic acid groups (broad SMARTS) is 1. The molecule has 0 radical (unpaired) electrons. The van der Waals surface area contributed by atoms with Gasteiger partial charge in [0.2, 0.25) is 0 Å². The van der Waals surface area contributed by atoms with Gasteiger partial charge in [-0.15, -0.1) is 0 Å². The second-order valence-electron chi connectivity index (χ2n) is 5.48. The highest BCUT2D eigenvalue weighted by molar-refractivity contribution is 5.79. The molecule has 1 saturated carbocycles. The van der Waals surface area contributed by atoms with Crippen LogP contribution in [0.1, 0.15) is 24.0 Å². The van der Waals surface area contributed by atoms with Crippen LogP contribution in [0.25, 0.3) is 0 Å². The first-order valence-electron chi connectivity index (χ1n) is 6.50. The minimum atomic E-state index is -0.678. The van der Waals surface area contributed by atoms with Crippen molar-refractivity contribution in [3.8, 4) is 5.75 Å². The summed E-state index contributed by atoms with van der Waals surface area (Å²) in [7, 11) is 3.62. The summed E-state index contributed by atoms with van der Waals surface area (Å²) in [6.07, 6.45) is 1.56. The van der Waals surface area contributed by atoms with Crippen molar-refractivity contribution in [2.75, 3.05) is 25.6 Å². The zero-order chi connectivity index (χ0) is 14.2. The van der Waals surface area contributed by atoms with Gasteiger partial charge in [-0.3, -0.25) is 4.79 Å². The molecule has 104 valence electrons. The molecule has 1 aromatic carbocycles. The maximum absolute atomic E-state index is 11.3. The van der Waals surface area contributed by atoms with Gasteiger partial charge < -0.3 is 14.7 Å². The van der Waals surface area contributed by atoms with E-state index in [1.54, 1.807) is 7.11 Å². The molecule has 0 spiro atoms. The van der Waals surface area contributed by atoms with Gasteiger partial charge in [0.25, 0.3) is 0 Å². The summed E-state index contributed by atoms with van der Waals surface area (Å²) in [6, 6.07) is 3.94. The molecule has 4 heteroatoms. The Balaban J connectivity index is 2.23. The Morgan fingerprint density at radius 1 is 1.37 bits per heavy atom. The van der Waals surface area contributed by atoms with Crippen LogP contribution in [0.2, 0.25) is 0 Å². The number of carboxylic acids is 1. The topological polar surface area (TPSA) is 49.8 Å². The molecule has 1 N–H and O–H groups in total. The van der Waals surface area contributed by atoms with Crippen LogP contribution in [0.3, 0.4) is 0 Å². The van der Waals surface area contributed by atoms with Gasteiger partial charge in [-0.05, 0) is 49.9 Å². The number of carbonyl (C=O) groups is 1. The molecule has 2 rings (SSSR count). The lowest BCUT2D eigenvalue weighted by Gasteiger charge is -2.26. The van der Waals surface area contributed by atoms with E-state index in [2.05, 4.69) is 0 Å². The van der Waals surface area contributed by atoms with Crippen molar-refractivity contribution >= 4 is 11.7 Å². The average Bonchev–Trinajstić information content (AvgIpc) is 3.13. The number of anilines is 1. The van der Waals surface area contributed by atoms with Crippen LogP contribution in [0.5, 0.6) is 5.75 Å². The van der Waals surface area contributed by atoms with E-state index < -0.39 is 11.4 Å². The first-order chi connectivity index (χ1) is 8.91. The lowest BCUT2D eigenvalue weighted by atomic mass is 10.0. The molecule has 1 aliphatic rings. The molecule has 0 atom stereocenters. The monoisotopic (exact) mass is 263 g/mol. The molecule has 0 heterocycles. The zero-order valence-corrected chi connectivity index (χ0v) is 12.0. The van der Waals surface area contributed by atoms with E-state index in [0.717, 1.165) is 35.4 Å². The van der Waals surface area contributed by atoms with Gasteiger partial charge in [0.1, 0.15) is 5.75 Å². The minimum absolute atomic E-state index is 0.533. The Morgan fingerprint density at radius 2 is 2.00 bits per heavy atom. The average molecular weight is 263 g/mol. The van der Waals surface area contributed by atoms with Gasteiger partial charge in [0.05, 0.1) is 12.5 Å². The van der Waals surface area contributed by atoms with Gasteiger partial charge >= 0.3 is 5.97 Å². The van der Waals surface area contributed by atoms with E-state index in [0.29, 0.717) is 6.54 Å². The SMILES string of the molecule is COc1ccc(N(C)CC2(C(=O)O)CC2)c(C)c1C. The van der Waals surface area contributed by atoms with Crippen LogP contribution in [0, 0.1) is 19.3 Å². The van der Waals surface area contributed by atoms with Crippen LogP contribution in [-0.2, 0) is 4.79 Å². The Kier molecular flexibility index (Phi) is 3.43. The second kappa shape index (κ2) is 4.76. The van der Waals surface area contributed by atoms with E-state index in [1.807, 2.05) is 37.9 Å². The molecule has 1 aromatic rings. The Morgan fingerprint density at radius 3 is 2.47 bits per heavy atom. The normalized spacial score (nSPS) is 16.0. The predicted molar refractivity (Wildman–Crippen MR) is 75.0 cm³/mol. The predicted octanol–water partition coefficient (Wildman–Crippen LogP) is 2.61. The fraction of sp³-hybridized carbons (Fsp3) is 0.533. The van der Waals surface area contributed by atoms with Gasteiger partial charge in [-0.2, -0.15) is 0 Å². The van der Waals surface area contributed by atoms with Crippen molar-refractivity contribution < 1.29 is 14.6 Å². The van der Waals surface area contributed by atoms with Crippen molar-refractivity contribution in [2.24, 2.45) is 5.41 Å². The Labute approximate surface area is 114 Å². The highest BCUT2D eigenvalue weighted by atomic mass is 16.5. The van der Waals surface area contributed by atoms with Gasteiger partial charge in [0, 0.05) is 19.3 Å². The first kappa shape index (κ1) is 13.7. The maximum Gasteiger partial charge on any atom is 0.311 e. The summed E-state index contributed by atoms with van der Waals surface area (Å²) in [5, 5.41) is 9.26. The highest BCUT2D eigenvalue weighted by Crippen LogP contribution is 2.47. The lowest BCUT2D eigenvalue weighted by molar-refractivity contribution is -0.142. The van der Waals surface area contributed by atoms with Crippen LogP contribution < -0.4 is 9.64 Å². The molecule has 1 aliphatic carbocycles. The molecular weight excluding hydrogens is 242 g/mol. The number of hydrogen-bond donors (Lipinski definition) is 1. The molecule has 0 amide bonds. The molecule has 0 aromatic heterocycles. The zero-order valence-electron chi connectivity index (χ0n) is 12.0. The highest BCUT2D eigenvalue weighted by Gasteiger charge is 2.51. The van der Waals surface area contributed by atoms with Crippen molar-refractivity contribution in [3.05, 3.63) is 23.3 Å². The van der Waals surface area contributed by atoms with E-state index in [9.17, 15) is 9.90 Å². The van der Waals surface area contributed by atoms with E-state index >= 15 is 0 Å². The van der Waals surface area contributed by atoms with Crippen LogP contribution in [0.4, 0.5) is 5.69 Å². The summed E-state index contributed by atoms with van der Waals surface area (Å²) in [5.41, 5.74) is 2.79. The third-order valence-corrected chi connectivity index (χ3v) is 4.19. The van der Waals surface area contributed by atoms with Crippen molar-refractivity contribution in [1.82, 2.24) is 0 Å².